The molecule has 0 unspecified atom stereocenters. The van der Waals surface area contributed by atoms with Gasteiger partial charge in [0.05, 0.1) is 23.5 Å². The van der Waals surface area contributed by atoms with Gasteiger partial charge in [-0.05, 0) is 44.1 Å². The Morgan fingerprint density at radius 1 is 1.27 bits per heavy atom. The Kier molecular flexibility index (Phi) is 9.41. The molecule has 1 saturated carbocycles. The van der Waals surface area contributed by atoms with Crippen LogP contribution < -0.4 is 15.0 Å². The Bertz CT molecular complexity index is 1410. The highest BCUT2D eigenvalue weighted by molar-refractivity contribution is 7.99. The lowest BCUT2D eigenvalue weighted by Gasteiger charge is -2.29. The summed E-state index contributed by atoms with van der Waals surface area (Å²) >= 11 is 1.61. The number of pyridine rings is 1. The van der Waals surface area contributed by atoms with Gasteiger partial charge in [-0.25, -0.2) is 29.9 Å². The van der Waals surface area contributed by atoms with E-state index in [0.717, 1.165) is 41.0 Å². The van der Waals surface area contributed by atoms with E-state index in [1.165, 1.54) is 20.5 Å². The summed E-state index contributed by atoms with van der Waals surface area (Å²) in [5, 5.41) is 3.81. The van der Waals surface area contributed by atoms with E-state index in [9.17, 15) is 18.0 Å². The smallest absolute Gasteiger partial charge is 0.408 e. The number of nitrogens with zero attached hydrogens (tertiary/aromatic N) is 7. The standard InChI is InChI=1S/C27H31F3N8O2S/c1-6-41-20-10-7-17(12-32-20)11-31-19(13-39)36-22-15(2)35-24(37-25(22)38(4)16(3)27(28,29)30)21-23(18-8-9-18)33-14-34-26(21)40-5/h7,10,12-14,16,18H,6,8-9,11H2,1-5H3,(H,31,36)/t16-/m0/s1. The van der Waals surface area contributed by atoms with E-state index in [-0.39, 0.29) is 47.2 Å². The summed E-state index contributed by atoms with van der Waals surface area (Å²) in [5.41, 5.74) is 2.20. The molecule has 0 amide bonds. The van der Waals surface area contributed by atoms with Crippen molar-refractivity contribution in [1.82, 2.24) is 30.2 Å². The van der Waals surface area contributed by atoms with Crippen LogP contribution in [0.3, 0.4) is 0 Å². The number of anilines is 1. The number of carbonyl (C=O) groups is 1. The summed E-state index contributed by atoms with van der Waals surface area (Å²) in [6.45, 7) is 4.89. The van der Waals surface area contributed by atoms with E-state index in [0.29, 0.717) is 17.5 Å². The van der Waals surface area contributed by atoms with E-state index in [1.807, 2.05) is 19.1 Å². The summed E-state index contributed by atoms with van der Waals surface area (Å²) in [5.74, 6) is 1.20. The van der Waals surface area contributed by atoms with Crippen molar-refractivity contribution in [2.24, 2.45) is 4.99 Å². The minimum absolute atomic E-state index is 0.0264. The maximum Gasteiger partial charge on any atom is 0.408 e. The zero-order valence-electron chi connectivity index (χ0n) is 23.4. The van der Waals surface area contributed by atoms with Gasteiger partial charge in [0.25, 0.3) is 0 Å². The lowest BCUT2D eigenvalue weighted by molar-refractivity contribution is -0.144. The summed E-state index contributed by atoms with van der Waals surface area (Å²) in [6, 6.07) is 1.84. The van der Waals surface area contributed by atoms with Crippen LogP contribution in [0.25, 0.3) is 11.4 Å². The number of hydrogen-bond donors (Lipinski definition) is 1. The third kappa shape index (κ3) is 7.10. The topological polar surface area (TPSA) is 118 Å². The minimum Gasteiger partial charge on any atom is -0.480 e. The van der Waals surface area contributed by atoms with Crippen molar-refractivity contribution in [1.29, 1.82) is 0 Å². The monoisotopic (exact) mass is 588 g/mol. The van der Waals surface area contributed by atoms with Crippen molar-refractivity contribution in [3.63, 3.8) is 0 Å². The number of hydrogen-bond acceptors (Lipinski definition) is 10. The molecule has 10 nitrogen and oxygen atoms in total. The molecule has 1 aliphatic rings. The Balaban J connectivity index is 1.77. The summed E-state index contributed by atoms with van der Waals surface area (Å²) in [4.78, 5) is 39.4. The average Bonchev–Trinajstić information content (AvgIpc) is 3.80. The number of ether oxygens (including phenoxy) is 1. The fraction of sp³-hybridized carbons (Fsp3) is 0.444. The van der Waals surface area contributed by atoms with Crippen LogP contribution in [-0.4, -0.2) is 69.2 Å². The fourth-order valence-electron chi connectivity index (χ4n) is 4.03. The number of aryl methyl sites for hydroxylation is 1. The molecular formula is C27H31F3N8O2S. The first-order chi connectivity index (χ1) is 19.6. The number of aliphatic imine (C=N–C) groups is 1. The average molecular weight is 589 g/mol. The molecule has 0 saturated heterocycles. The molecule has 1 N–H and O–H groups in total. The lowest BCUT2D eigenvalue weighted by atomic mass is 10.1. The quantitative estimate of drug-likeness (QED) is 0.141. The van der Waals surface area contributed by atoms with Crippen molar-refractivity contribution in [2.45, 2.75) is 63.3 Å². The van der Waals surface area contributed by atoms with Crippen LogP contribution in [-0.2, 0) is 11.3 Å². The van der Waals surface area contributed by atoms with Crippen molar-refractivity contribution >= 4 is 35.4 Å². The number of carbonyl (C=O) groups excluding carboxylic acids is 1. The molecule has 14 heteroatoms. The van der Waals surface area contributed by atoms with E-state index < -0.39 is 12.2 Å². The number of aromatic nitrogens is 5. The largest absolute Gasteiger partial charge is 0.480 e. The summed E-state index contributed by atoms with van der Waals surface area (Å²) in [7, 11) is 2.72. The highest BCUT2D eigenvalue weighted by Gasteiger charge is 2.40. The fourth-order valence-corrected chi connectivity index (χ4v) is 4.61. The molecule has 0 aromatic carbocycles. The molecule has 0 aliphatic heterocycles. The van der Waals surface area contributed by atoms with Crippen LogP contribution in [0.1, 0.15) is 49.6 Å². The molecule has 1 fully saturated rings. The predicted molar refractivity (Wildman–Crippen MR) is 151 cm³/mol. The molecule has 41 heavy (non-hydrogen) atoms. The van der Waals surface area contributed by atoms with Gasteiger partial charge in [0.15, 0.2) is 23.8 Å². The molecule has 3 aromatic heterocycles. The first-order valence-electron chi connectivity index (χ1n) is 13.0. The molecular weight excluding hydrogens is 557 g/mol. The van der Waals surface area contributed by atoms with E-state index >= 15 is 0 Å². The number of amidine groups is 1. The predicted octanol–water partition coefficient (Wildman–Crippen LogP) is 5.04. The molecule has 0 radical (unpaired) electrons. The molecule has 3 aromatic rings. The molecule has 1 atom stereocenters. The van der Waals surface area contributed by atoms with Crippen LogP contribution in [0.2, 0.25) is 0 Å². The van der Waals surface area contributed by atoms with Crippen LogP contribution in [0.5, 0.6) is 5.88 Å². The molecule has 0 spiro atoms. The Morgan fingerprint density at radius 2 is 2.02 bits per heavy atom. The normalized spacial score (nSPS) is 14.5. The minimum atomic E-state index is -4.55. The van der Waals surface area contributed by atoms with Crippen LogP contribution in [0, 0.1) is 6.92 Å². The molecule has 4 rings (SSSR count). The first kappa shape index (κ1) is 30.2. The molecule has 3 heterocycles. The second kappa shape index (κ2) is 12.8. The van der Waals surface area contributed by atoms with Gasteiger partial charge in [-0.15, -0.1) is 11.8 Å². The number of rotatable bonds is 11. The van der Waals surface area contributed by atoms with Crippen molar-refractivity contribution < 1.29 is 22.7 Å². The van der Waals surface area contributed by atoms with Crippen LogP contribution >= 0.6 is 11.8 Å². The van der Waals surface area contributed by atoms with Gasteiger partial charge in [0.2, 0.25) is 5.88 Å². The lowest BCUT2D eigenvalue weighted by Crippen LogP contribution is -2.41. The molecule has 1 aliphatic carbocycles. The maximum absolute atomic E-state index is 13.8. The zero-order valence-corrected chi connectivity index (χ0v) is 24.2. The summed E-state index contributed by atoms with van der Waals surface area (Å²) in [6.07, 6.45) is 0.842. The van der Waals surface area contributed by atoms with E-state index in [2.05, 4.69) is 35.2 Å². The SMILES string of the molecule is CCSc1ccc(CN/C(C=O)=N/c2c(C)nc(-c3c(OC)ncnc3C3CC3)nc2N(C)[C@@H](C)C(F)(F)F)cn1. The Morgan fingerprint density at radius 3 is 2.61 bits per heavy atom. The van der Waals surface area contributed by atoms with E-state index in [4.69, 9.17) is 4.74 Å². The number of nitrogens with one attached hydrogen (secondary N) is 1. The Hall–Kier alpha value is -3.81. The zero-order chi connectivity index (χ0) is 29.7. The van der Waals surface area contributed by atoms with Gasteiger partial charge >= 0.3 is 6.18 Å². The van der Waals surface area contributed by atoms with Gasteiger partial charge in [-0.1, -0.05) is 13.0 Å². The Labute approximate surface area is 240 Å². The second-order valence-corrected chi connectivity index (χ2v) is 10.7. The number of alkyl halides is 3. The van der Waals surface area contributed by atoms with Gasteiger partial charge in [-0.3, -0.25) is 4.79 Å². The van der Waals surface area contributed by atoms with Gasteiger partial charge < -0.3 is 15.0 Å². The third-order valence-electron chi connectivity index (χ3n) is 6.56. The van der Waals surface area contributed by atoms with E-state index in [1.54, 1.807) is 24.9 Å². The van der Waals surface area contributed by atoms with Crippen LogP contribution in [0.4, 0.5) is 24.7 Å². The third-order valence-corrected chi connectivity index (χ3v) is 7.38. The highest BCUT2D eigenvalue weighted by Crippen LogP contribution is 2.46. The number of aldehydes is 1. The second-order valence-electron chi connectivity index (χ2n) is 9.46. The van der Waals surface area contributed by atoms with Gasteiger partial charge in [-0.2, -0.15) is 13.2 Å². The maximum atomic E-state index is 13.8. The van der Waals surface area contributed by atoms with Crippen molar-refractivity contribution in [2.75, 3.05) is 24.8 Å². The summed E-state index contributed by atoms with van der Waals surface area (Å²) < 4.78 is 46.9. The van der Waals surface area contributed by atoms with Crippen molar-refractivity contribution in [3.8, 4) is 17.3 Å². The van der Waals surface area contributed by atoms with Crippen molar-refractivity contribution in [3.05, 3.63) is 41.6 Å². The number of halogens is 3. The first-order valence-corrected chi connectivity index (χ1v) is 14.0. The number of methoxy groups -OCH3 is 1. The number of thioether (sulfide) groups is 1. The highest BCUT2D eigenvalue weighted by atomic mass is 32.2. The van der Waals surface area contributed by atoms with Gasteiger partial charge in [0.1, 0.15) is 23.6 Å². The van der Waals surface area contributed by atoms with Gasteiger partial charge in [0, 0.05) is 25.7 Å². The molecule has 218 valence electrons. The molecule has 0 bridgehead atoms. The van der Waals surface area contributed by atoms with Crippen LogP contribution in [0.15, 0.2) is 34.7 Å².